The van der Waals surface area contributed by atoms with Crippen molar-refractivity contribution >= 4 is 56.0 Å². The molecule has 3 heterocycles. The molecule has 0 bridgehead atoms. The summed E-state index contributed by atoms with van der Waals surface area (Å²) in [6.45, 7) is 4.51. The molecule has 1 saturated heterocycles. The fourth-order valence-electron chi connectivity index (χ4n) is 2.83. The molecule has 0 atom stereocenters. The third-order valence-electron chi connectivity index (χ3n) is 4.34. The first-order chi connectivity index (χ1) is 14.1. The van der Waals surface area contributed by atoms with Crippen LogP contribution in [0, 0.1) is 0 Å². The van der Waals surface area contributed by atoms with Crippen molar-refractivity contribution in [2.75, 3.05) is 42.3 Å². The fourth-order valence-corrected chi connectivity index (χ4v) is 4.78. The number of fused-ring (bicyclic) bond motifs is 1. The molecule has 0 aliphatic carbocycles. The second-order valence-electron chi connectivity index (χ2n) is 6.40. The summed E-state index contributed by atoms with van der Waals surface area (Å²) < 4.78 is 6.28. The number of thioether (sulfide) groups is 1. The van der Waals surface area contributed by atoms with E-state index in [1.54, 1.807) is 35.6 Å². The molecular formula is C19H19N5O3S2. The van der Waals surface area contributed by atoms with Crippen molar-refractivity contribution in [2.24, 2.45) is 0 Å². The number of amides is 1. The predicted octanol–water partition coefficient (Wildman–Crippen LogP) is 2.86. The molecule has 29 heavy (non-hydrogen) atoms. The van der Waals surface area contributed by atoms with Crippen molar-refractivity contribution in [2.45, 2.75) is 11.9 Å². The normalized spacial score (nSPS) is 14.2. The van der Waals surface area contributed by atoms with Crippen LogP contribution < -0.4 is 10.2 Å². The number of nitrogens with one attached hydrogen (secondary N) is 1. The summed E-state index contributed by atoms with van der Waals surface area (Å²) in [7, 11) is 0. The van der Waals surface area contributed by atoms with Gasteiger partial charge in [-0.1, -0.05) is 23.1 Å². The highest BCUT2D eigenvalue weighted by atomic mass is 32.2. The largest absolute Gasteiger partial charge is 0.378 e. The van der Waals surface area contributed by atoms with E-state index in [1.165, 1.54) is 25.0 Å². The number of carbonyl (C=O) groups is 2. The van der Waals surface area contributed by atoms with Crippen LogP contribution in [-0.4, -0.2) is 58.7 Å². The molecule has 8 nitrogen and oxygen atoms in total. The Labute approximate surface area is 175 Å². The molecule has 1 fully saturated rings. The van der Waals surface area contributed by atoms with Crippen LogP contribution in [0.5, 0.6) is 0 Å². The van der Waals surface area contributed by atoms with Crippen LogP contribution in [0.4, 0.5) is 10.8 Å². The first-order valence-corrected chi connectivity index (χ1v) is 10.9. The van der Waals surface area contributed by atoms with E-state index in [0.717, 1.165) is 27.9 Å². The van der Waals surface area contributed by atoms with Crippen LogP contribution in [0.1, 0.15) is 17.3 Å². The van der Waals surface area contributed by atoms with Gasteiger partial charge in [0.15, 0.2) is 16.6 Å². The summed E-state index contributed by atoms with van der Waals surface area (Å²) in [5, 5.41) is 4.48. The number of hydrogen-bond donors (Lipinski definition) is 1. The average molecular weight is 430 g/mol. The van der Waals surface area contributed by atoms with Crippen LogP contribution in [0.15, 0.2) is 35.6 Å². The Balaban J connectivity index is 1.41. The van der Waals surface area contributed by atoms with Crippen LogP contribution >= 0.6 is 23.1 Å². The topological polar surface area (TPSA) is 97.3 Å². The number of anilines is 2. The number of Topliss-reactive ketones (excluding diaryl/α,β-unsaturated/α-hetero) is 1. The van der Waals surface area contributed by atoms with Gasteiger partial charge in [-0.15, -0.1) is 0 Å². The maximum atomic E-state index is 12.3. The number of carbonyl (C=O) groups excluding carboxylic acids is 2. The number of ether oxygens (including phenoxy) is 1. The van der Waals surface area contributed by atoms with Crippen molar-refractivity contribution in [3.63, 3.8) is 0 Å². The smallest absolute Gasteiger partial charge is 0.234 e. The van der Waals surface area contributed by atoms with E-state index < -0.39 is 0 Å². The van der Waals surface area contributed by atoms with Gasteiger partial charge in [0.05, 0.1) is 19.0 Å². The average Bonchev–Trinajstić information content (AvgIpc) is 3.18. The van der Waals surface area contributed by atoms with Crippen molar-refractivity contribution in [3.05, 3.63) is 36.2 Å². The molecular weight excluding hydrogens is 410 g/mol. The lowest BCUT2D eigenvalue weighted by Crippen LogP contribution is -2.36. The lowest BCUT2D eigenvalue weighted by Gasteiger charge is -2.25. The zero-order chi connectivity index (χ0) is 20.2. The highest BCUT2D eigenvalue weighted by molar-refractivity contribution is 8.00. The fraction of sp³-hybridized carbons (Fsp3) is 0.316. The number of hydrogen-bond acceptors (Lipinski definition) is 9. The Morgan fingerprint density at radius 3 is 2.69 bits per heavy atom. The summed E-state index contributed by atoms with van der Waals surface area (Å²) >= 11 is 2.90. The number of benzene rings is 1. The van der Waals surface area contributed by atoms with Crippen LogP contribution in [0.3, 0.4) is 0 Å². The van der Waals surface area contributed by atoms with Gasteiger partial charge in [-0.05, 0) is 31.2 Å². The van der Waals surface area contributed by atoms with E-state index in [2.05, 4.69) is 25.2 Å². The third kappa shape index (κ3) is 4.72. The number of thiazole rings is 1. The molecule has 0 unspecified atom stereocenters. The van der Waals surface area contributed by atoms with Gasteiger partial charge in [-0.2, -0.15) is 4.98 Å². The first-order valence-electron chi connectivity index (χ1n) is 9.08. The number of rotatable bonds is 6. The van der Waals surface area contributed by atoms with E-state index >= 15 is 0 Å². The van der Waals surface area contributed by atoms with Crippen molar-refractivity contribution in [1.82, 2.24) is 15.0 Å². The van der Waals surface area contributed by atoms with Crippen LogP contribution in [0.25, 0.3) is 10.3 Å². The Bertz CT molecular complexity index is 1030. The molecule has 3 aromatic rings. The minimum absolute atomic E-state index is 0.00721. The Morgan fingerprint density at radius 2 is 1.97 bits per heavy atom. The zero-order valence-electron chi connectivity index (χ0n) is 15.8. The van der Waals surface area contributed by atoms with Crippen LogP contribution in [-0.2, 0) is 9.53 Å². The van der Waals surface area contributed by atoms with E-state index in [0.29, 0.717) is 30.1 Å². The van der Waals surface area contributed by atoms with E-state index in [1.807, 2.05) is 0 Å². The number of aromatic nitrogens is 3. The molecule has 0 saturated carbocycles. The van der Waals surface area contributed by atoms with Gasteiger partial charge in [0.2, 0.25) is 5.91 Å². The Kier molecular flexibility index (Phi) is 6.02. The highest BCUT2D eigenvalue weighted by Gasteiger charge is 2.18. The molecule has 0 radical (unpaired) electrons. The van der Waals surface area contributed by atoms with E-state index in [-0.39, 0.29) is 17.4 Å². The Hall–Kier alpha value is -2.56. The van der Waals surface area contributed by atoms with Gasteiger partial charge in [-0.25, -0.2) is 9.97 Å². The molecule has 0 spiro atoms. The molecule has 1 aliphatic heterocycles. The molecule has 4 rings (SSSR count). The molecule has 2 aromatic heterocycles. The van der Waals surface area contributed by atoms with Gasteiger partial charge in [0.25, 0.3) is 0 Å². The zero-order valence-corrected chi connectivity index (χ0v) is 17.4. The van der Waals surface area contributed by atoms with Gasteiger partial charge in [0, 0.05) is 24.3 Å². The summed E-state index contributed by atoms with van der Waals surface area (Å²) in [6.07, 6.45) is 1.48. The first kappa shape index (κ1) is 19.7. The summed E-state index contributed by atoms with van der Waals surface area (Å²) in [6, 6.07) is 6.84. The maximum absolute atomic E-state index is 12.3. The van der Waals surface area contributed by atoms with Crippen LogP contribution in [0.2, 0.25) is 0 Å². The van der Waals surface area contributed by atoms with Crippen molar-refractivity contribution < 1.29 is 14.3 Å². The van der Waals surface area contributed by atoms with Gasteiger partial charge < -0.3 is 15.0 Å². The molecule has 1 aromatic carbocycles. The molecule has 150 valence electrons. The molecule has 1 aliphatic rings. The Morgan fingerprint density at radius 1 is 1.21 bits per heavy atom. The van der Waals surface area contributed by atoms with Gasteiger partial charge >= 0.3 is 0 Å². The second kappa shape index (κ2) is 8.85. The monoisotopic (exact) mass is 429 g/mol. The SMILES string of the molecule is CC(=O)c1ccc(NC(=O)CSc2ncnc3nc(N4CCOCC4)sc23)cc1. The standard InChI is InChI=1S/C19H19N5O3S2/c1-12(25)13-2-4-14(5-3-13)22-15(26)10-28-18-16-17(20-11-21-18)23-19(29-16)24-6-8-27-9-7-24/h2-5,11H,6-10H2,1H3,(H,22,26). The number of nitrogens with zero attached hydrogens (tertiary/aromatic N) is 4. The molecule has 1 amide bonds. The minimum atomic E-state index is -0.143. The maximum Gasteiger partial charge on any atom is 0.234 e. The lowest BCUT2D eigenvalue weighted by atomic mass is 10.1. The third-order valence-corrected chi connectivity index (χ3v) is 6.57. The van der Waals surface area contributed by atoms with E-state index in [4.69, 9.17) is 4.74 Å². The van der Waals surface area contributed by atoms with E-state index in [9.17, 15) is 9.59 Å². The second-order valence-corrected chi connectivity index (χ2v) is 8.34. The van der Waals surface area contributed by atoms with Crippen molar-refractivity contribution in [3.8, 4) is 0 Å². The lowest BCUT2D eigenvalue weighted by molar-refractivity contribution is -0.113. The quantitative estimate of drug-likeness (QED) is 0.363. The van der Waals surface area contributed by atoms with Gasteiger partial charge in [0.1, 0.15) is 16.1 Å². The minimum Gasteiger partial charge on any atom is -0.378 e. The molecule has 1 N–H and O–H groups in total. The summed E-state index contributed by atoms with van der Waals surface area (Å²) in [4.78, 5) is 39.0. The highest BCUT2D eigenvalue weighted by Crippen LogP contribution is 2.34. The van der Waals surface area contributed by atoms with Gasteiger partial charge in [-0.3, -0.25) is 9.59 Å². The van der Waals surface area contributed by atoms with Crippen molar-refractivity contribution in [1.29, 1.82) is 0 Å². The predicted molar refractivity (Wildman–Crippen MR) is 114 cm³/mol. The summed E-state index contributed by atoms with van der Waals surface area (Å²) in [5.74, 6) is 0.0632. The number of morpholine rings is 1. The summed E-state index contributed by atoms with van der Waals surface area (Å²) in [5.41, 5.74) is 1.91. The number of ketones is 1. The molecule has 10 heteroatoms.